The number of anilines is 2. The van der Waals surface area contributed by atoms with E-state index in [9.17, 15) is 4.79 Å². The van der Waals surface area contributed by atoms with Crippen molar-refractivity contribution in [1.82, 2.24) is 15.3 Å². The Balaban J connectivity index is 2.35. The van der Waals surface area contributed by atoms with E-state index in [0.717, 1.165) is 5.82 Å². The fourth-order valence-corrected chi connectivity index (χ4v) is 1.25. The standard InChI is InChI=1S/C12H21N5O/c1-9(2)11(18)13-7-8-15-12-14-6-5-10(16-12)17(3)4/h5-6,9H,7-8H2,1-4H3,(H,13,18)(H,14,15,16). The zero-order valence-electron chi connectivity index (χ0n) is 11.4. The van der Waals surface area contributed by atoms with Crippen LogP contribution in [-0.2, 0) is 4.79 Å². The van der Waals surface area contributed by atoms with E-state index in [4.69, 9.17) is 0 Å². The van der Waals surface area contributed by atoms with Crippen molar-refractivity contribution in [2.45, 2.75) is 13.8 Å². The fourth-order valence-electron chi connectivity index (χ4n) is 1.25. The lowest BCUT2D eigenvalue weighted by Crippen LogP contribution is -2.32. The number of hydrogen-bond donors (Lipinski definition) is 2. The van der Waals surface area contributed by atoms with Crippen molar-refractivity contribution < 1.29 is 4.79 Å². The van der Waals surface area contributed by atoms with E-state index >= 15 is 0 Å². The molecule has 1 aromatic rings. The van der Waals surface area contributed by atoms with E-state index < -0.39 is 0 Å². The van der Waals surface area contributed by atoms with Gasteiger partial charge in [-0.2, -0.15) is 4.98 Å². The minimum atomic E-state index is 0.0123. The number of carbonyl (C=O) groups is 1. The normalized spacial score (nSPS) is 10.3. The second kappa shape index (κ2) is 6.78. The Kier molecular flexibility index (Phi) is 5.35. The molecular formula is C12H21N5O. The summed E-state index contributed by atoms with van der Waals surface area (Å²) in [4.78, 5) is 21.7. The van der Waals surface area contributed by atoms with Crippen molar-refractivity contribution in [3.63, 3.8) is 0 Å². The first-order chi connectivity index (χ1) is 8.50. The molecule has 0 bridgehead atoms. The lowest BCUT2D eigenvalue weighted by molar-refractivity contribution is -0.123. The van der Waals surface area contributed by atoms with Crippen molar-refractivity contribution in [1.29, 1.82) is 0 Å². The van der Waals surface area contributed by atoms with Crippen molar-refractivity contribution in [2.24, 2.45) is 5.92 Å². The number of aromatic nitrogens is 2. The summed E-state index contributed by atoms with van der Waals surface area (Å²) in [5.74, 6) is 1.48. The minimum absolute atomic E-state index is 0.0123. The molecule has 0 unspecified atom stereocenters. The minimum Gasteiger partial charge on any atom is -0.363 e. The van der Waals surface area contributed by atoms with Crippen molar-refractivity contribution in [3.05, 3.63) is 12.3 Å². The SMILES string of the molecule is CC(C)C(=O)NCCNc1nccc(N(C)C)n1. The lowest BCUT2D eigenvalue weighted by atomic mass is 10.2. The number of nitrogens with one attached hydrogen (secondary N) is 2. The summed E-state index contributed by atoms with van der Waals surface area (Å²) < 4.78 is 0. The molecule has 0 aliphatic carbocycles. The number of rotatable bonds is 6. The molecule has 0 saturated carbocycles. The highest BCUT2D eigenvalue weighted by Gasteiger charge is 2.05. The molecule has 0 aromatic carbocycles. The molecule has 0 spiro atoms. The van der Waals surface area contributed by atoms with Crippen LogP contribution in [-0.4, -0.2) is 43.1 Å². The Morgan fingerprint density at radius 2 is 2.11 bits per heavy atom. The van der Waals surface area contributed by atoms with Crippen LogP contribution in [0.2, 0.25) is 0 Å². The van der Waals surface area contributed by atoms with Crippen LogP contribution < -0.4 is 15.5 Å². The van der Waals surface area contributed by atoms with Gasteiger partial charge in [-0.25, -0.2) is 4.98 Å². The molecule has 0 radical (unpaired) electrons. The molecule has 0 aliphatic heterocycles. The lowest BCUT2D eigenvalue weighted by Gasteiger charge is -2.12. The second-order valence-corrected chi connectivity index (χ2v) is 4.51. The van der Waals surface area contributed by atoms with Gasteiger partial charge in [0.1, 0.15) is 5.82 Å². The molecule has 0 saturated heterocycles. The van der Waals surface area contributed by atoms with Gasteiger partial charge < -0.3 is 15.5 Å². The highest BCUT2D eigenvalue weighted by atomic mass is 16.1. The largest absolute Gasteiger partial charge is 0.363 e. The van der Waals surface area contributed by atoms with Gasteiger partial charge in [-0.1, -0.05) is 13.8 Å². The van der Waals surface area contributed by atoms with Crippen LogP contribution in [0, 0.1) is 5.92 Å². The molecule has 18 heavy (non-hydrogen) atoms. The first kappa shape index (κ1) is 14.2. The first-order valence-electron chi connectivity index (χ1n) is 6.02. The summed E-state index contributed by atoms with van der Waals surface area (Å²) in [5, 5.41) is 5.89. The van der Waals surface area contributed by atoms with Crippen LogP contribution in [0.4, 0.5) is 11.8 Å². The fraction of sp³-hybridized carbons (Fsp3) is 0.583. The average Bonchev–Trinajstić information content (AvgIpc) is 2.34. The van der Waals surface area contributed by atoms with E-state index in [1.807, 2.05) is 38.9 Å². The van der Waals surface area contributed by atoms with Gasteiger partial charge in [-0.15, -0.1) is 0 Å². The Bertz CT molecular complexity index is 392. The third-order valence-corrected chi connectivity index (χ3v) is 2.33. The number of hydrogen-bond acceptors (Lipinski definition) is 5. The number of carbonyl (C=O) groups excluding carboxylic acids is 1. The van der Waals surface area contributed by atoms with E-state index in [2.05, 4.69) is 20.6 Å². The highest BCUT2D eigenvalue weighted by molar-refractivity contribution is 5.77. The molecule has 0 fully saturated rings. The third kappa shape index (κ3) is 4.57. The van der Waals surface area contributed by atoms with Gasteiger partial charge in [-0.05, 0) is 6.07 Å². The molecule has 1 rings (SSSR count). The molecule has 1 heterocycles. The van der Waals surface area contributed by atoms with Gasteiger partial charge in [0.15, 0.2) is 0 Å². The molecule has 0 aliphatic rings. The van der Waals surface area contributed by atoms with Gasteiger partial charge in [-0.3, -0.25) is 4.79 Å². The van der Waals surface area contributed by atoms with Crippen molar-refractivity contribution >= 4 is 17.7 Å². The maximum Gasteiger partial charge on any atom is 0.224 e. The second-order valence-electron chi connectivity index (χ2n) is 4.51. The number of amides is 1. The Labute approximate surface area is 108 Å². The zero-order chi connectivity index (χ0) is 13.5. The summed E-state index contributed by atoms with van der Waals surface area (Å²) in [6.45, 7) is 4.90. The predicted octanol–water partition coefficient (Wildman–Crippen LogP) is 0.727. The van der Waals surface area contributed by atoms with Gasteiger partial charge in [0.25, 0.3) is 0 Å². The van der Waals surface area contributed by atoms with E-state index in [0.29, 0.717) is 19.0 Å². The molecule has 100 valence electrons. The highest BCUT2D eigenvalue weighted by Crippen LogP contribution is 2.07. The quantitative estimate of drug-likeness (QED) is 0.729. The van der Waals surface area contributed by atoms with Crippen molar-refractivity contribution in [2.75, 3.05) is 37.4 Å². The van der Waals surface area contributed by atoms with Crippen LogP contribution in [0.15, 0.2) is 12.3 Å². The maximum atomic E-state index is 11.3. The summed E-state index contributed by atoms with van der Waals surface area (Å²) in [5.41, 5.74) is 0. The summed E-state index contributed by atoms with van der Waals surface area (Å²) in [6.07, 6.45) is 1.71. The monoisotopic (exact) mass is 251 g/mol. The first-order valence-corrected chi connectivity index (χ1v) is 6.02. The molecule has 1 aromatic heterocycles. The smallest absolute Gasteiger partial charge is 0.224 e. The van der Waals surface area contributed by atoms with Crippen LogP contribution in [0.5, 0.6) is 0 Å². The molecule has 2 N–H and O–H groups in total. The topological polar surface area (TPSA) is 70.2 Å². The summed E-state index contributed by atoms with van der Waals surface area (Å²) in [7, 11) is 3.85. The molecular weight excluding hydrogens is 230 g/mol. The zero-order valence-corrected chi connectivity index (χ0v) is 11.4. The Morgan fingerprint density at radius 3 is 2.72 bits per heavy atom. The average molecular weight is 251 g/mol. The van der Waals surface area contributed by atoms with Gasteiger partial charge >= 0.3 is 0 Å². The summed E-state index contributed by atoms with van der Waals surface area (Å²) >= 11 is 0. The third-order valence-electron chi connectivity index (χ3n) is 2.33. The summed E-state index contributed by atoms with van der Waals surface area (Å²) in [6, 6.07) is 1.84. The van der Waals surface area contributed by atoms with Crippen LogP contribution in [0.25, 0.3) is 0 Å². The molecule has 6 nitrogen and oxygen atoms in total. The Morgan fingerprint density at radius 1 is 1.39 bits per heavy atom. The molecule has 1 amide bonds. The van der Waals surface area contributed by atoms with Crippen LogP contribution >= 0.6 is 0 Å². The predicted molar refractivity (Wildman–Crippen MR) is 72.7 cm³/mol. The molecule has 6 heteroatoms. The maximum absolute atomic E-state index is 11.3. The van der Waals surface area contributed by atoms with Crippen LogP contribution in [0.3, 0.4) is 0 Å². The van der Waals surface area contributed by atoms with Gasteiger partial charge in [0, 0.05) is 39.3 Å². The Hall–Kier alpha value is -1.85. The van der Waals surface area contributed by atoms with E-state index in [-0.39, 0.29) is 11.8 Å². The van der Waals surface area contributed by atoms with Gasteiger partial charge in [0.2, 0.25) is 11.9 Å². The van der Waals surface area contributed by atoms with Crippen molar-refractivity contribution in [3.8, 4) is 0 Å². The van der Waals surface area contributed by atoms with E-state index in [1.54, 1.807) is 6.20 Å². The van der Waals surface area contributed by atoms with E-state index in [1.165, 1.54) is 0 Å². The van der Waals surface area contributed by atoms with Crippen LogP contribution in [0.1, 0.15) is 13.8 Å². The number of nitrogens with zero attached hydrogens (tertiary/aromatic N) is 3. The van der Waals surface area contributed by atoms with Gasteiger partial charge in [0.05, 0.1) is 0 Å². The molecule has 0 atom stereocenters.